The second-order valence-electron chi connectivity index (χ2n) is 9.24. The summed E-state index contributed by atoms with van der Waals surface area (Å²) in [6, 6.07) is 15.9. The SMILES string of the molecule is Clc1ccccc1CN1CCN(CC(Cl)(Cl)C(Cl)(Cl)N2CCN(Cc3ccccc3Cl)CC2)CC1. The first-order chi connectivity index (χ1) is 16.7. The summed E-state index contributed by atoms with van der Waals surface area (Å²) in [5.41, 5.74) is 2.25. The summed E-state index contributed by atoms with van der Waals surface area (Å²) >= 11 is 40.0. The summed E-state index contributed by atoms with van der Waals surface area (Å²) in [6.07, 6.45) is 0. The molecule has 0 bridgehead atoms. The third kappa shape index (κ3) is 7.11. The van der Waals surface area contributed by atoms with Crippen LogP contribution in [-0.4, -0.2) is 87.3 Å². The summed E-state index contributed by atoms with van der Waals surface area (Å²) < 4.78 is -2.74. The monoisotopic (exact) mass is 596 g/mol. The lowest BCUT2D eigenvalue weighted by Crippen LogP contribution is -2.61. The third-order valence-corrected chi connectivity index (χ3v) is 9.83. The Balaban J connectivity index is 1.26. The summed E-state index contributed by atoms with van der Waals surface area (Å²) in [6.45, 7) is 8.42. The molecule has 2 heterocycles. The number of nitrogens with zero attached hydrogens (tertiary/aromatic N) is 4. The lowest BCUT2D eigenvalue weighted by atomic mass is 10.2. The van der Waals surface area contributed by atoms with Crippen LogP contribution in [0.25, 0.3) is 0 Å². The van der Waals surface area contributed by atoms with Crippen molar-refractivity contribution in [3.05, 3.63) is 69.7 Å². The average molecular weight is 599 g/mol. The molecule has 0 amide bonds. The Hall–Kier alpha value is 0.0200. The van der Waals surface area contributed by atoms with Gasteiger partial charge in [-0.05, 0) is 23.3 Å². The zero-order chi connectivity index (χ0) is 25.1. The molecule has 2 saturated heterocycles. The first-order valence-corrected chi connectivity index (χ1v) is 14.1. The molecule has 0 aromatic heterocycles. The molecule has 0 aliphatic carbocycles. The van der Waals surface area contributed by atoms with Gasteiger partial charge in [-0.25, -0.2) is 0 Å². The largest absolute Gasteiger partial charge is 0.298 e. The van der Waals surface area contributed by atoms with E-state index in [-0.39, 0.29) is 0 Å². The van der Waals surface area contributed by atoms with Gasteiger partial charge in [-0.15, -0.1) is 0 Å². The first-order valence-electron chi connectivity index (χ1n) is 11.8. The predicted molar refractivity (Wildman–Crippen MR) is 150 cm³/mol. The van der Waals surface area contributed by atoms with Crippen molar-refractivity contribution in [1.29, 1.82) is 0 Å². The zero-order valence-corrected chi connectivity index (χ0v) is 24.0. The number of rotatable bonds is 8. The van der Waals surface area contributed by atoms with Crippen molar-refractivity contribution in [2.75, 3.05) is 58.9 Å². The maximum atomic E-state index is 6.85. The van der Waals surface area contributed by atoms with Gasteiger partial charge in [-0.3, -0.25) is 19.6 Å². The van der Waals surface area contributed by atoms with E-state index in [1.54, 1.807) is 0 Å². The summed E-state index contributed by atoms with van der Waals surface area (Å²) in [7, 11) is 0. The number of hydrogen-bond donors (Lipinski definition) is 0. The molecule has 4 nitrogen and oxygen atoms in total. The molecule has 0 saturated carbocycles. The van der Waals surface area contributed by atoms with E-state index in [0.29, 0.717) is 19.6 Å². The van der Waals surface area contributed by atoms with Crippen LogP contribution in [0.3, 0.4) is 0 Å². The van der Waals surface area contributed by atoms with Crippen LogP contribution >= 0.6 is 69.6 Å². The molecular formula is C25H30Cl6N4. The quantitative estimate of drug-likeness (QED) is 0.264. The molecule has 2 aliphatic rings. The Bertz CT molecular complexity index is 972. The summed E-state index contributed by atoms with van der Waals surface area (Å²) in [4.78, 5) is 8.93. The standard InChI is InChI=1S/C25H30Cl6N4/c26-22-7-3-1-5-20(22)17-32-9-11-34(12-10-32)19-24(28,29)25(30,31)35-15-13-33(14-16-35)18-21-6-2-4-8-23(21)27/h1-8H,9-19H2. The van der Waals surface area contributed by atoms with Crippen LogP contribution < -0.4 is 0 Å². The normalized spacial score (nSPS) is 19.8. The van der Waals surface area contributed by atoms with Gasteiger partial charge >= 0.3 is 0 Å². The second-order valence-corrected chi connectivity index (χ2v) is 12.8. The number of hydrogen-bond acceptors (Lipinski definition) is 4. The van der Waals surface area contributed by atoms with E-state index in [1.165, 1.54) is 0 Å². The highest BCUT2D eigenvalue weighted by Gasteiger charge is 2.52. The highest BCUT2D eigenvalue weighted by Crippen LogP contribution is 2.46. The summed E-state index contributed by atoms with van der Waals surface area (Å²) in [5.74, 6) is 0. The molecule has 2 fully saturated rings. The van der Waals surface area contributed by atoms with E-state index >= 15 is 0 Å². The molecule has 4 rings (SSSR count). The lowest BCUT2D eigenvalue weighted by Gasteiger charge is -2.47. The first kappa shape index (κ1) is 28.0. The van der Waals surface area contributed by atoms with Crippen molar-refractivity contribution in [3.63, 3.8) is 0 Å². The fraction of sp³-hybridized carbons (Fsp3) is 0.520. The van der Waals surface area contributed by atoms with Crippen LogP contribution in [0.5, 0.6) is 0 Å². The lowest BCUT2D eigenvalue weighted by molar-refractivity contribution is 0.0804. The van der Waals surface area contributed by atoms with Gasteiger partial charge in [-0.1, -0.05) is 106 Å². The summed E-state index contributed by atoms with van der Waals surface area (Å²) in [5, 5.41) is 1.59. The molecule has 0 N–H and O–H groups in total. The van der Waals surface area contributed by atoms with Gasteiger partial charge in [0.2, 0.25) is 4.46 Å². The van der Waals surface area contributed by atoms with E-state index < -0.39 is 8.79 Å². The van der Waals surface area contributed by atoms with E-state index in [1.807, 2.05) is 41.3 Å². The maximum absolute atomic E-state index is 6.85. The number of alkyl halides is 4. The van der Waals surface area contributed by atoms with Gasteiger partial charge in [0, 0.05) is 82.0 Å². The number of piperazine rings is 2. The second kappa shape index (κ2) is 12.3. The highest BCUT2D eigenvalue weighted by atomic mass is 35.5. The Morgan fingerprint density at radius 3 is 1.43 bits per heavy atom. The van der Waals surface area contributed by atoms with Crippen LogP contribution in [0.4, 0.5) is 0 Å². The molecular weight excluding hydrogens is 569 g/mol. The smallest absolute Gasteiger partial charge is 0.205 e. The third-order valence-electron chi connectivity index (χ3n) is 6.80. The Kier molecular flexibility index (Phi) is 9.82. The molecule has 0 spiro atoms. The van der Waals surface area contributed by atoms with E-state index in [2.05, 4.69) is 26.8 Å². The van der Waals surface area contributed by atoms with E-state index in [0.717, 1.165) is 73.5 Å². The molecule has 2 aromatic carbocycles. The van der Waals surface area contributed by atoms with Crippen molar-refractivity contribution in [3.8, 4) is 0 Å². The van der Waals surface area contributed by atoms with Gasteiger partial charge in [0.1, 0.15) is 0 Å². The van der Waals surface area contributed by atoms with Crippen molar-refractivity contribution in [1.82, 2.24) is 19.6 Å². The van der Waals surface area contributed by atoms with Gasteiger partial charge in [0.25, 0.3) is 0 Å². The molecule has 0 atom stereocenters. The predicted octanol–water partition coefficient (Wildman–Crippen LogP) is 6.23. The Morgan fingerprint density at radius 2 is 0.971 bits per heavy atom. The van der Waals surface area contributed by atoms with Crippen LogP contribution in [0.15, 0.2) is 48.5 Å². The van der Waals surface area contributed by atoms with Gasteiger partial charge in [-0.2, -0.15) is 0 Å². The van der Waals surface area contributed by atoms with E-state index in [4.69, 9.17) is 69.6 Å². The minimum absolute atomic E-state index is 0.392. The molecule has 2 aliphatic heterocycles. The Morgan fingerprint density at radius 1 is 0.571 bits per heavy atom. The van der Waals surface area contributed by atoms with Gasteiger partial charge in [0.05, 0.1) is 0 Å². The topological polar surface area (TPSA) is 13.0 Å². The van der Waals surface area contributed by atoms with Crippen LogP contribution in [-0.2, 0) is 13.1 Å². The minimum atomic E-state index is -1.40. The van der Waals surface area contributed by atoms with Crippen molar-refractivity contribution >= 4 is 69.6 Å². The van der Waals surface area contributed by atoms with Crippen molar-refractivity contribution < 1.29 is 0 Å². The van der Waals surface area contributed by atoms with Gasteiger partial charge in [0.15, 0.2) is 4.33 Å². The van der Waals surface area contributed by atoms with Crippen molar-refractivity contribution in [2.24, 2.45) is 0 Å². The maximum Gasteiger partial charge on any atom is 0.205 e. The van der Waals surface area contributed by atoms with Gasteiger partial charge < -0.3 is 0 Å². The average Bonchev–Trinajstić information content (AvgIpc) is 2.83. The number of benzene rings is 2. The fourth-order valence-corrected chi connectivity index (χ4v) is 6.06. The minimum Gasteiger partial charge on any atom is -0.298 e. The fourth-order valence-electron chi connectivity index (χ4n) is 4.63. The van der Waals surface area contributed by atoms with Crippen LogP contribution in [0.2, 0.25) is 10.0 Å². The van der Waals surface area contributed by atoms with Crippen molar-refractivity contribution in [2.45, 2.75) is 21.9 Å². The molecule has 35 heavy (non-hydrogen) atoms. The highest BCUT2D eigenvalue weighted by molar-refractivity contribution is 6.62. The van der Waals surface area contributed by atoms with Crippen LogP contribution in [0, 0.1) is 0 Å². The van der Waals surface area contributed by atoms with E-state index in [9.17, 15) is 0 Å². The molecule has 0 unspecified atom stereocenters. The molecule has 0 radical (unpaired) electrons. The molecule has 192 valence electrons. The Labute approximate surface area is 238 Å². The molecule has 2 aromatic rings. The van der Waals surface area contributed by atoms with Crippen LogP contribution in [0.1, 0.15) is 11.1 Å². The molecule has 10 heteroatoms. The number of halogens is 6. The zero-order valence-electron chi connectivity index (χ0n) is 19.5.